The number of amides is 2. The summed E-state index contributed by atoms with van der Waals surface area (Å²) in [6.07, 6.45) is 0.831. The number of carbonyl (C=O) groups is 2. The van der Waals surface area contributed by atoms with Gasteiger partial charge in [-0.1, -0.05) is 50.6 Å². The Bertz CT molecular complexity index is 626. The van der Waals surface area contributed by atoms with Gasteiger partial charge in [-0.15, -0.1) is 0 Å². The van der Waals surface area contributed by atoms with Crippen LogP contribution in [0.25, 0.3) is 0 Å². The maximum atomic E-state index is 13.2. The highest BCUT2D eigenvalue weighted by Crippen LogP contribution is 2.27. The van der Waals surface area contributed by atoms with E-state index in [2.05, 4.69) is 12.1 Å². The second-order valence-corrected chi connectivity index (χ2v) is 8.68. The van der Waals surface area contributed by atoms with Crippen molar-refractivity contribution in [2.75, 3.05) is 26.2 Å². The SMILES string of the molecule is Cc1ccc(C(C)(C)C(=O)N2CCCN(C(=O)C(C)(C)C)CC2)cc1. The Labute approximate surface area is 152 Å². The van der Waals surface area contributed by atoms with Crippen molar-refractivity contribution >= 4 is 11.8 Å². The van der Waals surface area contributed by atoms with Crippen molar-refractivity contribution in [1.82, 2.24) is 9.80 Å². The zero-order valence-corrected chi connectivity index (χ0v) is 16.6. The van der Waals surface area contributed by atoms with Crippen molar-refractivity contribution in [2.45, 2.75) is 53.4 Å². The molecule has 1 aliphatic heterocycles. The predicted molar refractivity (Wildman–Crippen MR) is 101 cm³/mol. The molecule has 0 unspecified atom stereocenters. The van der Waals surface area contributed by atoms with Gasteiger partial charge in [-0.3, -0.25) is 9.59 Å². The highest BCUT2D eigenvalue weighted by atomic mass is 16.2. The monoisotopic (exact) mass is 344 g/mol. The van der Waals surface area contributed by atoms with E-state index in [0.717, 1.165) is 18.5 Å². The molecular weight excluding hydrogens is 312 g/mol. The highest BCUT2D eigenvalue weighted by Gasteiger charge is 2.35. The van der Waals surface area contributed by atoms with Gasteiger partial charge < -0.3 is 9.80 Å². The lowest BCUT2D eigenvalue weighted by molar-refractivity contribution is -0.140. The van der Waals surface area contributed by atoms with Crippen LogP contribution >= 0.6 is 0 Å². The van der Waals surface area contributed by atoms with Crippen molar-refractivity contribution in [3.63, 3.8) is 0 Å². The maximum absolute atomic E-state index is 13.2. The van der Waals surface area contributed by atoms with E-state index >= 15 is 0 Å². The molecule has 0 radical (unpaired) electrons. The van der Waals surface area contributed by atoms with Gasteiger partial charge in [-0.05, 0) is 32.8 Å². The van der Waals surface area contributed by atoms with Crippen LogP contribution in [0.3, 0.4) is 0 Å². The molecule has 1 aromatic rings. The Balaban J connectivity index is 2.10. The molecule has 0 aromatic heterocycles. The van der Waals surface area contributed by atoms with Gasteiger partial charge in [0.1, 0.15) is 0 Å². The molecule has 4 nitrogen and oxygen atoms in total. The fourth-order valence-electron chi connectivity index (χ4n) is 3.29. The summed E-state index contributed by atoms with van der Waals surface area (Å²) in [5.41, 5.74) is 1.30. The van der Waals surface area contributed by atoms with Crippen LogP contribution in [0, 0.1) is 12.3 Å². The zero-order valence-electron chi connectivity index (χ0n) is 16.6. The van der Waals surface area contributed by atoms with E-state index in [1.54, 1.807) is 0 Å². The van der Waals surface area contributed by atoms with Crippen molar-refractivity contribution in [3.8, 4) is 0 Å². The second kappa shape index (κ2) is 7.19. The molecule has 1 aliphatic rings. The van der Waals surface area contributed by atoms with Crippen molar-refractivity contribution in [3.05, 3.63) is 35.4 Å². The number of nitrogens with zero attached hydrogens (tertiary/aromatic N) is 2. The lowest BCUT2D eigenvalue weighted by Crippen LogP contribution is -2.46. The summed E-state index contributed by atoms with van der Waals surface area (Å²) in [7, 11) is 0. The molecule has 0 bridgehead atoms. The normalized spacial score (nSPS) is 16.6. The van der Waals surface area contributed by atoms with Gasteiger partial charge in [0.05, 0.1) is 5.41 Å². The van der Waals surface area contributed by atoms with E-state index in [0.29, 0.717) is 19.6 Å². The minimum atomic E-state index is -0.559. The minimum absolute atomic E-state index is 0.140. The average Bonchev–Trinajstić information content (AvgIpc) is 2.78. The first-order valence-electron chi connectivity index (χ1n) is 9.19. The number of rotatable bonds is 2. The van der Waals surface area contributed by atoms with Crippen LogP contribution in [0.5, 0.6) is 0 Å². The smallest absolute Gasteiger partial charge is 0.232 e. The first-order valence-corrected chi connectivity index (χ1v) is 9.19. The van der Waals surface area contributed by atoms with Gasteiger partial charge in [-0.25, -0.2) is 0 Å². The first kappa shape index (κ1) is 19.5. The predicted octanol–water partition coefficient (Wildman–Crippen LogP) is 3.38. The molecule has 138 valence electrons. The topological polar surface area (TPSA) is 40.6 Å². The van der Waals surface area contributed by atoms with Gasteiger partial charge >= 0.3 is 0 Å². The van der Waals surface area contributed by atoms with E-state index < -0.39 is 5.41 Å². The summed E-state index contributed by atoms with van der Waals surface area (Å²) in [5, 5.41) is 0. The van der Waals surface area contributed by atoms with E-state index in [1.165, 1.54) is 5.56 Å². The van der Waals surface area contributed by atoms with Crippen LogP contribution in [-0.4, -0.2) is 47.8 Å². The summed E-state index contributed by atoms with van der Waals surface area (Å²) in [5.74, 6) is 0.306. The second-order valence-electron chi connectivity index (χ2n) is 8.68. The van der Waals surface area contributed by atoms with Crippen LogP contribution in [0.1, 0.15) is 52.2 Å². The third-order valence-corrected chi connectivity index (χ3v) is 5.02. The first-order chi connectivity index (χ1) is 11.5. The third kappa shape index (κ3) is 4.42. The number of hydrogen-bond acceptors (Lipinski definition) is 2. The Kier molecular flexibility index (Phi) is 5.60. The molecule has 1 heterocycles. The molecule has 2 rings (SSSR count). The van der Waals surface area contributed by atoms with E-state index in [1.807, 2.05) is 63.5 Å². The molecule has 0 aliphatic carbocycles. The van der Waals surface area contributed by atoms with E-state index in [4.69, 9.17) is 0 Å². The Morgan fingerprint density at radius 3 is 1.76 bits per heavy atom. The highest BCUT2D eigenvalue weighted by molar-refractivity contribution is 5.87. The Morgan fingerprint density at radius 1 is 0.800 bits per heavy atom. The van der Waals surface area contributed by atoms with E-state index in [-0.39, 0.29) is 17.2 Å². The third-order valence-electron chi connectivity index (χ3n) is 5.02. The standard InChI is InChI=1S/C21H32N2O2/c1-16-8-10-17(11-9-16)21(5,6)19(25)23-13-7-12-22(14-15-23)18(24)20(2,3)4/h8-11H,7,12-15H2,1-6H3. The molecule has 25 heavy (non-hydrogen) atoms. The van der Waals surface area contributed by atoms with Gasteiger partial charge in [0.15, 0.2) is 0 Å². The molecular formula is C21H32N2O2. The number of aryl methyl sites for hydroxylation is 1. The fraction of sp³-hybridized carbons (Fsp3) is 0.619. The molecule has 1 aromatic carbocycles. The zero-order chi connectivity index (χ0) is 18.8. The molecule has 0 N–H and O–H groups in total. The van der Waals surface area contributed by atoms with Crippen molar-refractivity contribution in [2.24, 2.45) is 5.41 Å². The van der Waals surface area contributed by atoms with Crippen LogP contribution in [0.4, 0.5) is 0 Å². The van der Waals surface area contributed by atoms with Crippen molar-refractivity contribution in [1.29, 1.82) is 0 Å². The Hall–Kier alpha value is -1.84. The summed E-state index contributed by atoms with van der Waals surface area (Å²) in [6.45, 7) is 14.5. The summed E-state index contributed by atoms with van der Waals surface area (Å²) in [6, 6.07) is 8.19. The summed E-state index contributed by atoms with van der Waals surface area (Å²) >= 11 is 0. The molecule has 0 saturated carbocycles. The van der Waals surface area contributed by atoms with Gasteiger partial charge in [0.25, 0.3) is 0 Å². The van der Waals surface area contributed by atoms with E-state index in [9.17, 15) is 9.59 Å². The largest absolute Gasteiger partial charge is 0.340 e. The summed E-state index contributed by atoms with van der Waals surface area (Å²) < 4.78 is 0. The number of benzene rings is 1. The van der Waals surface area contributed by atoms with Crippen molar-refractivity contribution < 1.29 is 9.59 Å². The molecule has 0 atom stereocenters. The lowest BCUT2D eigenvalue weighted by Gasteiger charge is -2.32. The number of carbonyl (C=O) groups excluding carboxylic acids is 2. The van der Waals surface area contributed by atoms with Crippen LogP contribution in [-0.2, 0) is 15.0 Å². The molecule has 4 heteroatoms. The van der Waals surface area contributed by atoms with Crippen LogP contribution in [0.2, 0.25) is 0 Å². The van der Waals surface area contributed by atoms with Crippen LogP contribution in [0.15, 0.2) is 24.3 Å². The van der Waals surface area contributed by atoms with Gasteiger partial charge in [0.2, 0.25) is 11.8 Å². The minimum Gasteiger partial charge on any atom is -0.340 e. The molecule has 1 fully saturated rings. The van der Waals surface area contributed by atoms with Crippen LogP contribution < -0.4 is 0 Å². The number of hydrogen-bond donors (Lipinski definition) is 0. The van der Waals surface area contributed by atoms with Gasteiger partial charge in [0, 0.05) is 31.6 Å². The molecule has 2 amide bonds. The quantitative estimate of drug-likeness (QED) is 0.825. The lowest BCUT2D eigenvalue weighted by atomic mass is 9.82. The Morgan fingerprint density at radius 2 is 1.28 bits per heavy atom. The maximum Gasteiger partial charge on any atom is 0.232 e. The average molecular weight is 344 g/mol. The fourth-order valence-corrected chi connectivity index (χ4v) is 3.29. The van der Waals surface area contributed by atoms with Gasteiger partial charge in [-0.2, -0.15) is 0 Å². The summed E-state index contributed by atoms with van der Waals surface area (Å²) in [4.78, 5) is 29.5. The molecule has 1 saturated heterocycles. The molecule has 0 spiro atoms.